The quantitative estimate of drug-likeness (QED) is 0.635. The molecule has 1 rings (SSSR count). The first-order valence-electron chi connectivity index (χ1n) is 4.15. The van der Waals surface area contributed by atoms with Gasteiger partial charge in [0.15, 0.2) is 0 Å². The largest absolute Gasteiger partial charge is 0.469 e. The molecule has 88 valence electrons. The van der Waals surface area contributed by atoms with Crippen LogP contribution in [0, 0.1) is 0 Å². The molecule has 1 aromatic rings. The molecule has 1 heterocycles. The van der Waals surface area contributed by atoms with Crippen molar-refractivity contribution in [2.75, 3.05) is 7.11 Å². The molecule has 7 heteroatoms. The van der Waals surface area contributed by atoms with Crippen LogP contribution in [0.2, 0.25) is 5.15 Å². The zero-order valence-corrected chi connectivity index (χ0v) is 10.5. The van der Waals surface area contributed by atoms with Crippen LogP contribution in [0.1, 0.15) is 17.6 Å². The maximum absolute atomic E-state index is 12.7. The van der Waals surface area contributed by atoms with E-state index in [0.717, 1.165) is 0 Å². The van der Waals surface area contributed by atoms with Gasteiger partial charge in [-0.25, -0.2) is 13.8 Å². The number of aromatic nitrogens is 1. The Morgan fingerprint density at radius 1 is 1.69 bits per heavy atom. The van der Waals surface area contributed by atoms with E-state index in [1.54, 1.807) is 0 Å². The van der Waals surface area contributed by atoms with Gasteiger partial charge in [-0.1, -0.05) is 11.6 Å². The zero-order valence-electron chi connectivity index (χ0n) is 8.14. The number of carbonyl (C=O) groups is 1. The second kappa shape index (κ2) is 5.54. The van der Waals surface area contributed by atoms with Crippen molar-refractivity contribution in [1.82, 2.24) is 4.98 Å². The van der Waals surface area contributed by atoms with Crippen molar-refractivity contribution < 1.29 is 18.3 Å². The molecule has 0 aliphatic carbocycles. The highest BCUT2D eigenvalue weighted by Crippen LogP contribution is 2.31. The van der Waals surface area contributed by atoms with Crippen molar-refractivity contribution in [3.05, 3.63) is 26.9 Å². The van der Waals surface area contributed by atoms with Gasteiger partial charge in [0.2, 0.25) is 0 Å². The summed E-state index contributed by atoms with van der Waals surface area (Å²) in [6.45, 7) is 0. The molecule has 0 aliphatic heterocycles. The molecule has 0 aliphatic rings. The third kappa shape index (κ3) is 3.12. The predicted molar refractivity (Wildman–Crippen MR) is 57.6 cm³/mol. The van der Waals surface area contributed by atoms with Crippen molar-refractivity contribution in [3.8, 4) is 0 Å². The lowest BCUT2D eigenvalue weighted by molar-refractivity contribution is -0.139. The zero-order chi connectivity index (χ0) is 12.3. The smallest absolute Gasteiger partial charge is 0.309 e. The molecule has 0 saturated heterocycles. The van der Waals surface area contributed by atoms with Gasteiger partial charge < -0.3 is 4.74 Å². The summed E-state index contributed by atoms with van der Waals surface area (Å²) in [4.78, 5) is 14.7. The van der Waals surface area contributed by atoms with Crippen LogP contribution in [-0.4, -0.2) is 18.1 Å². The van der Waals surface area contributed by atoms with Crippen LogP contribution in [0.5, 0.6) is 0 Å². The molecule has 0 amide bonds. The summed E-state index contributed by atoms with van der Waals surface area (Å²) in [5.74, 6) is -0.615. The van der Waals surface area contributed by atoms with E-state index in [9.17, 15) is 13.6 Å². The molecule has 0 bridgehead atoms. The summed E-state index contributed by atoms with van der Waals surface area (Å²) in [7, 11) is 1.18. The van der Waals surface area contributed by atoms with Gasteiger partial charge in [0.05, 0.1) is 19.1 Å². The third-order valence-electron chi connectivity index (χ3n) is 1.85. The number of hydrogen-bond donors (Lipinski definition) is 0. The Kier molecular flexibility index (Phi) is 4.61. The molecule has 0 radical (unpaired) electrons. The van der Waals surface area contributed by atoms with Gasteiger partial charge >= 0.3 is 5.97 Å². The topological polar surface area (TPSA) is 39.2 Å². The van der Waals surface area contributed by atoms with Crippen molar-refractivity contribution in [2.45, 2.75) is 12.8 Å². The molecular weight excluding hydrogens is 307 g/mol. The molecule has 1 aromatic heterocycles. The first kappa shape index (κ1) is 13.3. The Balaban J connectivity index is 3.18. The Morgan fingerprint density at radius 3 is 2.81 bits per heavy atom. The SMILES string of the molecule is COC(=O)Cc1cc(Cl)nc(Br)c1C(F)F. The van der Waals surface area contributed by atoms with Crippen molar-refractivity contribution in [1.29, 1.82) is 0 Å². The molecule has 0 unspecified atom stereocenters. The van der Waals surface area contributed by atoms with Gasteiger partial charge in [-0.2, -0.15) is 0 Å². The minimum Gasteiger partial charge on any atom is -0.469 e. The predicted octanol–water partition coefficient (Wildman–Crippen LogP) is 3.15. The van der Waals surface area contributed by atoms with Crippen LogP contribution in [0.15, 0.2) is 10.7 Å². The van der Waals surface area contributed by atoms with Gasteiger partial charge in [-0.15, -0.1) is 0 Å². The average molecular weight is 315 g/mol. The second-order valence-corrected chi connectivity index (χ2v) is 4.00. The molecule has 16 heavy (non-hydrogen) atoms. The standard InChI is InChI=1S/C9H7BrClF2NO2/c1-16-6(15)3-4-2-5(11)14-8(10)7(4)9(12)13/h2,9H,3H2,1H3. The Morgan fingerprint density at radius 2 is 2.31 bits per heavy atom. The third-order valence-corrected chi connectivity index (χ3v) is 2.65. The Hall–Kier alpha value is -0.750. The highest BCUT2D eigenvalue weighted by Gasteiger charge is 2.20. The first-order chi connectivity index (χ1) is 7.45. The monoisotopic (exact) mass is 313 g/mol. The number of methoxy groups -OCH3 is 1. The minimum absolute atomic E-state index is 0.0372. The van der Waals surface area contributed by atoms with Crippen molar-refractivity contribution in [3.63, 3.8) is 0 Å². The van der Waals surface area contributed by atoms with Gasteiger partial charge in [-0.3, -0.25) is 4.79 Å². The lowest BCUT2D eigenvalue weighted by Gasteiger charge is -2.09. The molecule has 0 atom stereocenters. The van der Waals surface area contributed by atoms with E-state index in [2.05, 4.69) is 25.7 Å². The molecule has 0 spiro atoms. The summed E-state index contributed by atoms with van der Waals surface area (Å²) in [6.07, 6.45) is -3.00. The van der Waals surface area contributed by atoms with Crippen LogP contribution >= 0.6 is 27.5 Å². The lowest BCUT2D eigenvalue weighted by Crippen LogP contribution is -2.08. The van der Waals surface area contributed by atoms with Gasteiger partial charge in [0, 0.05) is 0 Å². The number of hydrogen-bond acceptors (Lipinski definition) is 3. The average Bonchev–Trinajstić information content (AvgIpc) is 2.15. The maximum atomic E-state index is 12.7. The summed E-state index contributed by atoms with van der Waals surface area (Å²) < 4.78 is 29.8. The molecule has 0 N–H and O–H groups in total. The minimum atomic E-state index is -2.74. The molecule has 0 saturated carbocycles. The van der Waals surface area contributed by atoms with E-state index in [0.29, 0.717) is 0 Å². The van der Waals surface area contributed by atoms with Crippen molar-refractivity contribution in [2.24, 2.45) is 0 Å². The number of esters is 1. The van der Waals surface area contributed by atoms with Crippen LogP contribution < -0.4 is 0 Å². The number of carbonyl (C=O) groups excluding carboxylic acids is 1. The number of ether oxygens (including phenoxy) is 1. The van der Waals surface area contributed by atoms with E-state index in [4.69, 9.17) is 11.6 Å². The van der Waals surface area contributed by atoms with Gasteiger partial charge in [0.1, 0.15) is 9.76 Å². The van der Waals surface area contributed by atoms with Crippen LogP contribution in [0.25, 0.3) is 0 Å². The second-order valence-electron chi connectivity index (χ2n) is 2.86. The number of halogens is 4. The van der Waals surface area contributed by atoms with Gasteiger partial charge in [0.25, 0.3) is 6.43 Å². The lowest BCUT2D eigenvalue weighted by atomic mass is 10.1. The summed E-state index contributed by atoms with van der Waals surface area (Å²) in [5.41, 5.74) is -0.233. The van der Waals surface area contributed by atoms with Crippen LogP contribution in [-0.2, 0) is 16.0 Å². The summed E-state index contributed by atoms with van der Waals surface area (Å²) in [5, 5.41) is 0.0372. The Labute approximate surface area is 104 Å². The fourth-order valence-electron chi connectivity index (χ4n) is 1.14. The highest BCUT2D eigenvalue weighted by molar-refractivity contribution is 9.10. The number of nitrogens with zero attached hydrogens (tertiary/aromatic N) is 1. The molecule has 0 aromatic carbocycles. The number of rotatable bonds is 3. The van der Waals surface area contributed by atoms with Crippen LogP contribution in [0.3, 0.4) is 0 Å². The maximum Gasteiger partial charge on any atom is 0.309 e. The normalized spacial score (nSPS) is 10.6. The van der Waals surface area contributed by atoms with Gasteiger partial charge in [-0.05, 0) is 27.6 Å². The van der Waals surface area contributed by atoms with E-state index in [-0.39, 0.29) is 27.3 Å². The highest BCUT2D eigenvalue weighted by atomic mass is 79.9. The van der Waals surface area contributed by atoms with E-state index in [1.807, 2.05) is 0 Å². The number of pyridine rings is 1. The molecular formula is C9H7BrClF2NO2. The molecule has 0 fully saturated rings. The fourth-order valence-corrected chi connectivity index (χ4v) is 2.08. The Bertz CT molecular complexity index is 415. The molecule has 3 nitrogen and oxygen atoms in total. The van der Waals surface area contributed by atoms with Crippen LogP contribution in [0.4, 0.5) is 8.78 Å². The number of alkyl halides is 2. The van der Waals surface area contributed by atoms with E-state index < -0.39 is 12.4 Å². The summed E-state index contributed by atoms with van der Waals surface area (Å²) in [6, 6.07) is 1.23. The summed E-state index contributed by atoms with van der Waals surface area (Å²) >= 11 is 8.50. The van der Waals surface area contributed by atoms with E-state index in [1.165, 1.54) is 13.2 Å². The fraction of sp³-hybridized carbons (Fsp3) is 0.333. The first-order valence-corrected chi connectivity index (χ1v) is 5.32. The van der Waals surface area contributed by atoms with E-state index >= 15 is 0 Å². The van der Waals surface area contributed by atoms with Crippen molar-refractivity contribution >= 4 is 33.5 Å².